The minimum absolute atomic E-state index is 1.08. The summed E-state index contributed by atoms with van der Waals surface area (Å²) >= 11 is 0. The molecule has 0 spiro atoms. The predicted molar refractivity (Wildman–Crippen MR) is 349 cm³/mol. The Morgan fingerprint density at radius 1 is 0.145 bits per heavy atom. The van der Waals surface area contributed by atoms with Gasteiger partial charge in [0, 0.05) is 76.1 Å². The second kappa shape index (κ2) is 17.7. The Morgan fingerprint density at radius 3 is 0.699 bits per heavy atom. The van der Waals surface area contributed by atoms with E-state index in [4.69, 9.17) is 0 Å². The number of aromatic nitrogens is 5. The molecule has 0 aliphatic carbocycles. The average Bonchev–Trinajstić information content (AvgIpc) is 2.68. The summed E-state index contributed by atoms with van der Waals surface area (Å²) in [6, 6.07) is 110. The molecular weight excluding hydrogens is 1010 g/mol. The molecule has 0 atom stereocenters. The lowest BCUT2D eigenvalue weighted by atomic mass is 9.93. The Kier molecular flexibility index (Phi) is 9.73. The molecule has 0 saturated carbocycles. The smallest absolute Gasteiger partial charge is 0.0562 e. The van der Waals surface area contributed by atoms with Crippen molar-refractivity contribution in [3.8, 4) is 50.7 Å². The van der Waals surface area contributed by atoms with Crippen LogP contribution < -0.4 is 0 Å². The van der Waals surface area contributed by atoms with E-state index in [0.717, 1.165) is 83.8 Å². The zero-order chi connectivity index (χ0) is 54.3. The van der Waals surface area contributed by atoms with Gasteiger partial charge in [0.2, 0.25) is 0 Å². The normalized spacial score (nSPS) is 12.1. The third-order valence-corrected chi connectivity index (χ3v) is 17.7. The maximum atomic E-state index is 2.53. The molecule has 0 aliphatic rings. The first-order valence-electron chi connectivity index (χ1n) is 28.6. The van der Waals surface area contributed by atoms with Gasteiger partial charge in [-0.25, -0.2) is 0 Å². The number of rotatable bonds is 7. The van der Waals surface area contributed by atoms with Crippen LogP contribution in [0.3, 0.4) is 0 Å². The molecule has 5 heterocycles. The summed E-state index contributed by atoms with van der Waals surface area (Å²) in [5.41, 5.74) is 21.5. The van der Waals surface area contributed by atoms with E-state index in [1.165, 1.54) is 75.9 Å². The first-order chi connectivity index (χ1) is 41.3. The van der Waals surface area contributed by atoms with Crippen molar-refractivity contribution >= 4 is 109 Å². The molecule has 0 bridgehead atoms. The van der Waals surface area contributed by atoms with Gasteiger partial charge >= 0.3 is 0 Å². The molecule has 0 radical (unpaired) electrons. The fourth-order valence-electron chi connectivity index (χ4n) is 14.3. The van der Waals surface area contributed by atoms with Crippen molar-refractivity contribution < 1.29 is 0 Å². The highest BCUT2D eigenvalue weighted by atomic mass is 15.0. The largest absolute Gasteiger partial charge is 0.309 e. The van der Waals surface area contributed by atoms with E-state index in [2.05, 4.69) is 320 Å². The first-order valence-corrected chi connectivity index (χ1v) is 28.6. The number of benzene rings is 13. The van der Waals surface area contributed by atoms with Crippen molar-refractivity contribution in [1.29, 1.82) is 0 Å². The molecule has 0 saturated heterocycles. The lowest BCUT2D eigenvalue weighted by Crippen LogP contribution is -2.06. The van der Waals surface area contributed by atoms with Crippen LogP contribution in [-0.4, -0.2) is 22.8 Å². The second-order valence-electron chi connectivity index (χ2n) is 21.9. The van der Waals surface area contributed by atoms with Crippen molar-refractivity contribution in [2.45, 2.75) is 0 Å². The summed E-state index contributed by atoms with van der Waals surface area (Å²) in [6.45, 7) is 0. The topological polar surface area (TPSA) is 24.6 Å². The minimum Gasteiger partial charge on any atom is -0.309 e. The zero-order valence-corrected chi connectivity index (χ0v) is 45.0. The first kappa shape index (κ1) is 45.7. The van der Waals surface area contributed by atoms with E-state index in [0.29, 0.717) is 0 Å². The quantitative estimate of drug-likeness (QED) is 0.152. The Morgan fingerprint density at radius 2 is 0.361 bits per heavy atom. The van der Waals surface area contributed by atoms with Gasteiger partial charge < -0.3 is 22.8 Å². The van der Waals surface area contributed by atoms with Gasteiger partial charge in [0.05, 0.1) is 83.6 Å². The molecule has 5 aromatic heterocycles. The van der Waals surface area contributed by atoms with E-state index < -0.39 is 0 Å². The van der Waals surface area contributed by atoms with Crippen LogP contribution >= 0.6 is 0 Å². The van der Waals surface area contributed by atoms with Crippen molar-refractivity contribution in [3.05, 3.63) is 297 Å². The van der Waals surface area contributed by atoms with Crippen molar-refractivity contribution in [2.24, 2.45) is 0 Å². The average molecular weight is 1060 g/mol. The van der Waals surface area contributed by atoms with Gasteiger partial charge in [0.15, 0.2) is 0 Å². The van der Waals surface area contributed by atoms with Crippen LogP contribution in [0, 0.1) is 0 Å². The van der Waals surface area contributed by atoms with Gasteiger partial charge in [0.1, 0.15) is 0 Å². The number of hydrogen-bond acceptors (Lipinski definition) is 0. The molecule has 0 unspecified atom stereocenters. The molecule has 18 aromatic rings. The van der Waals surface area contributed by atoms with Gasteiger partial charge in [-0.05, 0) is 91.0 Å². The molecule has 13 aromatic carbocycles. The standard InChI is InChI=1S/C78H49N5/c1-12-35-63-50(24-1)51-25-2-13-36-64(51)79(63)71-43-20-9-32-58(71)61-48-77(83-69-41-18-7-30-56(69)57-31-8-19-42-70(57)83)62(49-76(61)82-67-39-16-5-28-54(67)55-29-6-17-40-68(55)82)59-33-10-21-44-72(59)81-73-45-22-11-34-60(73)78-74(46-23-47-75(78)81)80-65-37-14-3-26-52(65)53-27-4-15-38-66(53)80/h1-49H. The third kappa shape index (κ3) is 6.47. The summed E-state index contributed by atoms with van der Waals surface area (Å²) in [5.74, 6) is 0. The van der Waals surface area contributed by atoms with Gasteiger partial charge in [-0.2, -0.15) is 0 Å². The van der Waals surface area contributed by atoms with Crippen molar-refractivity contribution in [1.82, 2.24) is 22.8 Å². The highest BCUT2D eigenvalue weighted by Crippen LogP contribution is 2.48. The number of nitrogens with zero attached hydrogens (tertiary/aromatic N) is 5. The molecule has 0 aliphatic heterocycles. The van der Waals surface area contributed by atoms with Crippen molar-refractivity contribution in [3.63, 3.8) is 0 Å². The van der Waals surface area contributed by atoms with Crippen LogP contribution in [0.1, 0.15) is 0 Å². The lowest BCUT2D eigenvalue weighted by Gasteiger charge is -2.24. The lowest BCUT2D eigenvalue weighted by molar-refractivity contribution is 1.13. The maximum absolute atomic E-state index is 2.53. The molecule has 0 amide bonds. The number of para-hydroxylation sites is 11. The molecule has 0 fully saturated rings. The maximum Gasteiger partial charge on any atom is 0.0562 e. The van der Waals surface area contributed by atoms with Gasteiger partial charge in [-0.1, -0.05) is 206 Å². The molecule has 386 valence electrons. The zero-order valence-electron chi connectivity index (χ0n) is 45.0. The fourth-order valence-corrected chi connectivity index (χ4v) is 14.3. The third-order valence-electron chi connectivity index (χ3n) is 17.7. The number of fused-ring (bicyclic) bond motifs is 15. The predicted octanol–water partition coefficient (Wildman–Crippen LogP) is 20.5. The second-order valence-corrected chi connectivity index (χ2v) is 21.9. The summed E-state index contributed by atoms with van der Waals surface area (Å²) in [7, 11) is 0. The molecule has 0 N–H and O–H groups in total. The van der Waals surface area contributed by atoms with Gasteiger partial charge in [-0.15, -0.1) is 0 Å². The number of hydrogen-bond donors (Lipinski definition) is 0. The monoisotopic (exact) mass is 1060 g/mol. The Balaban J connectivity index is 1.00. The summed E-state index contributed by atoms with van der Waals surface area (Å²) < 4.78 is 12.5. The van der Waals surface area contributed by atoms with Crippen LogP contribution in [-0.2, 0) is 0 Å². The minimum atomic E-state index is 1.08. The van der Waals surface area contributed by atoms with E-state index >= 15 is 0 Å². The van der Waals surface area contributed by atoms with E-state index in [1.54, 1.807) is 0 Å². The van der Waals surface area contributed by atoms with E-state index in [1.807, 2.05) is 0 Å². The van der Waals surface area contributed by atoms with Crippen LogP contribution in [0.5, 0.6) is 0 Å². The Hall–Kier alpha value is -11.1. The van der Waals surface area contributed by atoms with Gasteiger partial charge in [-0.3, -0.25) is 0 Å². The van der Waals surface area contributed by atoms with Crippen molar-refractivity contribution in [2.75, 3.05) is 0 Å². The van der Waals surface area contributed by atoms with Crippen LogP contribution in [0.4, 0.5) is 0 Å². The van der Waals surface area contributed by atoms with Crippen LogP contribution in [0.25, 0.3) is 160 Å². The van der Waals surface area contributed by atoms with Crippen LogP contribution in [0.15, 0.2) is 297 Å². The van der Waals surface area contributed by atoms with E-state index in [-0.39, 0.29) is 0 Å². The van der Waals surface area contributed by atoms with E-state index in [9.17, 15) is 0 Å². The molecular formula is C78H49N5. The fraction of sp³-hybridized carbons (Fsp3) is 0. The highest BCUT2D eigenvalue weighted by Gasteiger charge is 2.27. The summed E-state index contributed by atoms with van der Waals surface area (Å²) in [6.07, 6.45) is 0. The molecule has 5 nitrogen and oxygen atoms in total. The Bertz CT molecular complexity index is 5500. The SMILES string of the molecule is c1ccc(-n2c3ccccc3c3ccccc32)c(-c2cc(-n3c4ccccc4c4ccccc43)c(-c3ccccc3-n3c4ccccc4c4c(-n5c6ccccc6c6ccccc65)cccc43)cc2-n2c3ccccc3c3ccccc32)c1. The molecule has 5 heteroatoms. The highest BCUT2D eigenvalue weighted by molar-refractivity contribution is 6.18. The Labute approximate surface area is 477 Å². The van der Waals surface area contributed by atoms with Crippen LogP contribution in [0.2, 0.25) is 0 Å². The summed E-state index contributed by atoms with van der Waals surface area (Å²) in [4.78, 5) is 0. The van der Waals surface area contributed by atoms with Gasteiger partial charge in [0.25, 0.3) is 0 Å². The molecule has 83 heavy (non-hydrogen) atoms. The molecule has 18 rings (SSSR count). The summed E-state index contributed by atoms with van der Waals surface area (Å²) in [5, 5.41) is 12.2.